The predicted molar refractivity (Wildman–Crippen MR) is 190 cm³/mol. The van der Waals surface area contributed by atoms with E-state index in [1.165, 1.54) is 0 Å². The van der Waals surface area contributed by atoms with Crippen molar-refractivity contribution in [2.24, 2.45) is 5.92 Å². The third-order valence-corrected chi connectivity index (χ3v) is 9.53. The molecule has 0 radical (unpaired) electrons. The van der Waals surface area contributed by atoms with Crippen molar-refractivity contribution in [2.45, 2.75) is 61.4 Å². The highest BCUT2D eigenvalue weighted by molar-refractivity contribution is 6.76. The van der Waals surface area contributed by atoms with E-state index >= 15 is 0 Å². The number of aliphatic hydroxyl groups is 2. The number of aliphatic hydroxyl groups excluding tert-OH is 2. The molecule has 254 valence electrons. The summed E-state index contributed by atoms with van der Waals surface area (Å²) in [5, 5.41) is 23.4. The van der Waals surface area contributed by atoms with Gasteiger partial charge in [-0.1, -0.05) is 133 Å². The van der Waals surface area contributed by atoms with Gasteiger partial charge in [0.25, 0.3) is 9.70 Å². The van der Waals surface area contributed by atoms with Crippen LogP contribution in [-0.2, 0) is 27.4 Å². The highest BCUT2D eigenvalue weighted by Crippen LogP contribution is 2.42. The lowest BCUT2D eigenvalue weighted by Crippen LogP contribution is -2.46. The fraction of sp³-hybridized carbons (Fsp3) is 0.342. The Balaban J connectivity index is 1.39. The van der Waals surface area contributed by atoms with Gasteiger partial charge in [0.2, 0.25) is 0 Å². The molecule has 0 aliphatic carbocycles. The van der Waals surface area contributed by atoms with E-state index in [2.05, 4.69) is 17.1 Å². The van der Waals surface area contributed by atoms with Crippen molar-refractivity contribution < 1.29 is 24.5 Å². The van der Waals surface area contributed by atoms with Crippen LogP contribution in [0.3, 0.4) is 0 Å². The maximum atomic E-state index is 12.1. The molecule has 0 spiro atoms. The average molecular weight is 712 g/mol. The minimum Gasteiger partial charge on any atom is -0.392 e. The lowest BCUT2D eigenvalue weighted by molar-refractivity contribution is -0.276. The Labute approximate surface area is 297 Å². The van der Waals surface area contributed by atoms with Gasteiger partial charge in [-0.05, 0) is 59.5 Å². The van der Waals surface area contributed by atoms with E-state index in [1.807, 2.05) is 117 Å². The first kappa shape index (κ1) is 36.3. The number of alkyl halides is 3. The van der Waals surface area contributed by atoms with Gasteiger partial charge >= 0.3 is 0 Å². The minimum atomic E-state index is -2.03. The Hall–Kier alpha value is -2.98. The van der Waals surface area contributed by atoms with E-state index in [0.717, 1.165) is 38.9 Å². The molecule has 1 fully saturated rings. The Morgan fingerprint density at radius 2 is 1.54 bits per heavy atom. The number of halogens is 3. The van der Waals surface area contributed by atoms with Gasteiger partial charge in [0.1, 0.15) is 0 Å². The van der Waals surface area contributed by atoms with Crippen molar-refractivity contribution in [1.29, 1.82) is 0 Å². The highest BCUT2D eigenvalue weighted by atomic mass is 35.6. The third-order valence-electron chi connectivity index (χ3n) is 9.01. The van der Waals surface area contributed by atoms with Crippen LogP contribution < -0.4 is 5.32 Å². The molecule has 1 heterocycles. The number of hydrogen-bond acceptors (Lipinski definition) is 6. The van der Waals surface area contributed by atoms with E-state index < -0.39 is 22.1 Å². The predicted octanol–water partition coefficient (Wildman–Crippen LogP) is 7.68. The van der Waals surface area contributed by atoms with Gasteiger partial charge in [-0.2, -0.15) is 0 Å². The Morgan fingerprint density at radius 1 is 0.875 bits per heavy atom. The molecule has 48 heavy (non-hydrogen) atoms. The minimum absolute atomic E-state index is 0.0208. The quantitative estimate of drug-likeness (QED) is 0.138. The largest absolute Gasteiger partial charge is 0.392 e. The Morgan fingerprint density at radius 3 is 2.21 bits per heavy atom. The summed E-state index contributed by atoms with van der Waals surface area (Å²) >= 11 is 17.1. The molecule has 6 atom stereocenters. The third kappa shape index (κ3) is 8.97. The smallest absolute Gasteiger partial charge is 0.272 e. The van der Waals surface area contributed by atoms with Crippen LogP contribution in [0.15, 0.2) is 103 Å². The van der Waals surface area contributed by atoms with Gasteiger partial charge in [0, 0.05) is 30.6 Å². The summed E-state index contributed by atoms with van der Waals surface area (Å²) in [6, 6.07) is 33.1. The monoisotopic (exact) mass is 710 g/mol. The SMILES string of the molecule is CC1C(CN(C)C(C)C(O)c2ccccc2)OC(c2cccc(-c3cccc(CNC(=O)C(Cl)(Cl)Cl)c3)c2)OC1c1ccc(CO)cc1. The van der Waals surface area contributed by atoms with Crippen molar-refractivity contribution in [3.8, 4) is 11.1 Å². The molecule has 4 aromatic rings. The van der Waals surface area contributed by atoms with Crippen LogP contribution in [-0.4, -0.2) is 50.6 Å². The van der Waals surface area contributed by atoms with Crippen molar-refractivity contribution in [3.63, 3.8) is 0 Å². The molecule has 1 aliphatic rings. The topological polar surface area (TPSA) is 91.3 Å². The van der Waals surface area contributed by atoms with E-state index in [1.54, 1.807) is 0 Å². The van der Waals surface area contributed by atoms with E-state index in [-0.39, 0.29) is 37.3 Å². The fourth-order valence-electron chi connectivity index (χ4n) is 5.96. The number of carbonyl (C=O) groups is 1. The van der Waals surface area contributed by atoms with Crippen LogP contribution in [0.2, 0.25) is 0 Å². The molecule has 7 nitrogen and oxygen atoms in total. The van der Waals surface area contributed by atoms with E-state index in [0.29, 0.717) is 6.54 Å². The van der Waals surface area contributed by atoms with Gasteiger partial charge < -0.3 is 25.0 Å². The number of benzene rings is 4. The molecule has 0 aromatic heterocycles. The van der Waals surface area contributed by atoms with Crippen molar-refractivity contribution >= 4 is 40.7 Å². The molecular formula is C38H41Cl3N2O5. The summed E-state index contributed by atoms with van der Waals surface area (Å²) in [7, 11) is 2.01. The normalized spacial score (nSPS) is 21.1. The summed E-state index contributed by atoms with van der Waals surface area (Å²) in [5.41, 5.74) is 6.29. The van der Waals surface area contributed by atoms with Gasteiger partial charge in [-0.3, -0.25) is 9.69 Å². The first-order valence-corrected chi connectivity index (χ1v) is 17.1. The number of amides is 1. The van der Waals surface area contributed by atoms with Crippen LogP contribution in [0.5, 0.6) is 0 Å². The lowest BCUT2D eigenvalue weighted by atomic mass is 9.89. The Kier molecular flexibility index (Phi) is 12.2. The summed E-state index contributed by atoms with van der Waals surface area (Å²) in [5.74, 6) is -0.710. The lowest BCUT2D eigenvalue weighted by Gasteiger charge is -2.43. The van der Waals surface area contributed by atoms with E-state index in [4.69, 9.17) is 44.3 Å². The zero-order chi connectivity index (χ0) is 34.4. The molecular weight excluding hydrogens is 671 g/mol. The summed E-state index contributed by atoms with van der Waals surface area (Å²) in [6.07, 6.45) is -1.83. The molecule has 0 bridgehead atoms. The number of nitrogens with one attached hydrogen (secondary N) is 1. The Bertz CT molecular complexity index is 1650. The molecule has 5 rings (SSSR count). The maximum Gasteiger partial charge on any atom is 0.272 e. The van der Waals surface area contributed by atoms with Crippen molar-refractivity contribution in [2.75, 3.05) is 13.6 Å². The van der Waals surface area contributed by atoms with Gasteiger partial charge in [-0.25, -0.2) is 0 Å². The second-order valence-corrected chi connectivity index (χ2v) is 14.6. The molecule has 1 aliphatic heterocycles. The molecule has 4 aromatic carbocycles. The first-order valence-electron chi connectivity index (χ1n) is 15.9. The van der Waals surface area contributed by atoms with Crippen LogP contribution in [0, 0.1) is 5.92 Å². The molecule has 0 saturated carbocycles. The van der Waals surface area contributed by atoms with Gasteiger partial charge in [0.05, 0.1) is 24.9 Å². The maximum absolute atomic E-state index is 12.1. The number of carbonyl (C=O) groups excluding carboxylic acids is 1. The molecule has 1 amide bonds. The van der Waals surface area contributed by atoms with Crippen molar-refractivity contribution in [1.82, 2.24) is 10.2 Å². The number of nitrogens with zero attached hydrogens (tertiary/aromatic N) is 1. The summed E-state index contributed by atoms with van der Waals surface area (Å²) in [4.78, 5) is 14.2. The highest BCUT2D eigenvalue weighted by Gasteiger charge is 2.39. The standard InChI is InChI=1S/C38H41Cl3N2O5/c1-24-33(22-43(3)25(2)34(45)28-10-5-4-6-11-28)47-36(48-35(24)29-17-15-26(23-44)16-18-29)32-14-8-13-31(20-32)30-12-7-9-27(19-30)21-42-37(46)38(39,40)41/h4-20,24-25,33-36,44-45H,21-23H2,1-3H3,(H,42,46). The number of hydrogen-bond donors (Lipinski definition) is 3. The molecule has 6 unspecified atom stereocenters. The average Bonchev–Trinajstić information content (AvgIpc) is 3.11. The van der Waals surface area contributed by atoms with Crippen LogP contribution in [0.1, 0.15) is 60.2 Å². The number of rotatable bonds is 11. The van der Waals surface area contributed by atoms with Crippen molar-refractivity contribution in [3.05, 3.63) is 131 Å². The summed E-state index contributed by atoms with van der Waals surface area (Å²) < 4.78 is 11.4. The van der Waals surface area contributed by atoms with E-state index in [9.17, 15) is 15.0 Å². The second kappa shape index (κ2) is 16.2. The van der Waals surface area contributed by atoms with Gasteiger partial charge in [0.15, 0.2) is 6.29 Å². The zero-order valence-corrected chi connectivity index (χ0v) is 29.4. The number of ether oxygens (including phenoxy) is 2. The van der Waals surface area contributed by atoms with Crippen LogP contribution >= 0.6 is 34.8 Å². The van der Waals surface area contributed by atoms with Crippen LogP contribution in [0.4, 0.5) is 0 Å². The molecule has 3 N–H and O–H groups in total. The fourth-order valence-corrected chi connectivity index (χ4v) is 6.16. The summed E-state index contributed by atoms with van der Waals surface area (Å²) in [6.45, 7) is 4.89. The second-order valence-electron chi connectivity index (χ2n) is 12.4. The number of likely N-dealkylation sites (N-methyl/N-ethyl adjacent to an activating group) is 1. The van der Waals surface area contributed by atoms with Crippen LogP contribution in [0.25, 0.3) is 11.1 Å². The zero-order valence-electron chi connectivity index (χ0n) is 27.1. The first-order chi connectivity index (χ1) is 22.9. The van der Waals surface area contributed by atoms with Gasteiger partial charge in [-0.15, -0.1) is 0 Å². The molecule has 10 heteroatoms. The molecule has 1 saturated heterocycles.